The zero-order valence-corrected chi connectivity index (χ0v) is 16.9. The van der Waals surface area contributed by atoms with Crippen LogP contribution in [-0.4, -0.2) is 25.5 Å². The van der Waals surface area contributed by atoms with E-state index in [2.05, 4.69) is 5.32 Å². The third-order valence-corrected chi connectivity index (χ3v) is 4.58. The second-order valence-corrected chi connectivity index (χ2v) is 7.00. The topological polar surface area (TPSA) is 58.6 Å². The fourth-order valence-electron chi connectivity index (χ4n) is 2.65. The Hall–Kier alpha value is -3.31. The summed E-state index contributed by atoms with van der Waals surface area (Å²) in [5.41, 5.74) is 3.10. The summed E-state index contributed by atoms with van der Waals surface area (Å²) in [4.78, 5) is 26.1. The van der Waals surface area contributed by atoms with Crippen molar-refractivity contribution in [3.05, 3.63) is 88.9 Å². The minimum Gasteiger partial charge on any atom is -0.484 e. The molecule has 3 rings (SSSR count). The molecule has 2 amide bonds. The van der Waals surface area contributed by atoms with Gasteiger partial charge in [-0.25, -0.2) is 0 Å². The van der Waals surface area contributed by atoms with Crippen molar-refractivity contribution in [1.29, 1.82) is 0 Å². The van der Waals surface area contributed by atoms with Crippen molar-refractivity contribution in [3.8, 4) is 5.75 Å². The number of nitrogens with one attached hydrogen (secondary N) is 1. The van der Waals surface area contributed by atoms with Gasteiger partial charge in [0.1, 0.15) is 5.75 Å². The zero-order valence-electron chi connectivity index (χ0n) is 16.2. The lowest BCUT2D eigenvalue weighted by molar-refractivity contribution is -0.118. The van der Waals surface area contributed by atoms with Crippen LogP contribution in [0.2, 0.25) is 5.02 Å². The number of hydrogen-bond donors (Lipinski definition) is 1. The van der Waals surface area contributed by atoms with Crippen LogP contribution in [0.15, 0.2) is 72.8 Å². The van der Waals surface area contributed by atoms with Gasteiger partial charge in [0.25, 0.3) is 11.8 Å². The minimum atomic E-state index is -0.275. The maximum absolute atomic E-state index is 12.6. The Labute approximate surface area is 174 Å². The summed E-state index contributed by atoms with van der Waals surface area (Å²) < 4.78 is 5.52. The molecule has 0 radical (unpaired) electrons. The van der Waals surface area contributed by atoms with E-state index in [1.165, 1.54) is 0 Å². The monoisotopic (exact) mass is 408 g/mol. The van der Waals surface area contributed by atoms with Crippen molar-refractivity contribution in [2.75, 3.05) is 23.9 Å². The van der Waals surface area contributed by atoms with Gasteiger partial charge in [0.2, 0.25) is 0 Å². The molecule has 0 saturated heterocycles. The van der Waals surface area contributed by atoms with E-state index in [4.69, 9.17) is 16.3 Å². The normalized spacial score (nSPS) is 10.3. The molecular formula is C23H21ClN2O3. The third-order valence-electron chi connectivity index (χ3n) is 4.33. The molecule has 0 bridgehead atoms. The number of ether oxygens (including phenoxy) is 1. The highest BCUT2D eigenvalue weighted by atomic mass is 35.5. The highest BCUT2D eigenvalue weighted by molar-refractivity contribution is 6.30. The Morgan fingerprint density at radius 1 is 0.931 bits per heavy atom. The van der Waals surface area contributed by atoms with Gasteiger partial charge in [-0.1, -0.05) is 29.3 Å². The highest BCUT2D eigenvalue weighted by Gasteiger charge is 2.13. The second kappa shape index (κ2) is 9.26. The molecule has 3 aromatic carbocycles. The van der Waals surface area contributed by atoms with Crippen LogP contribution in [0.4, 0.5) is 11.4 Å². The van der Waals surface area contributed by atoms with E-state index in [0.29, 0.717) is 22.0 Å². The van der Waals surface area contributed by atoms with Gasteiger partial charge in [-0.3, -0.25) is 9.59 Å². The summed E-state index contributed by atoms with van der Waals surface area (Å²) in [6, 6.07) is 21.3. The van der Waals surface area contributed by atoms with E-state index < -0.39 is 0 Å². The Balaban J connectivity index is 1.55. The molecule has 0 aliphatic rings. The Bertz CT molecular complexity index is 984. The first-order chi connectivity index (χ1) is 13.9. The van der Waals surface area contributed by atoms with Crippen LogP contribution in [0.25, 0.3) is 0 Å². The standard InChI is InChI=1S/C23H21ClN2O3/c1-16-3-5-17(6-4-16)23(28)26(2)20-11-13-21(14-12-20)29-15-22(27)25-19-9-7-18(24)8-10-19/h3-14H,15H2,1-2H3,(H,25,27). The van der Waals surface area contributed by atoms with Crippen molar-refractivity contribution >= 4 is 34.8 Å². The molecule has 0 heterocycles. The number of rotatable bonds is 6. The van der Waals surface area contributed by atoms with Gasteiger partial charge in [0, 0.05) is 29.0 Å². The van der Waals surface area contributed by atoms with Crippen LogP contribution < -0.4 is 15.0 Å². The molecule has 0 spiro atoms. The van der Waals surface area contributed by atoms with Crippen molar-refractivity contribution in [1.82, 2.24) is 0 Å². The molecule has 0 fully saturated rings. The Morgan fingerprint density at radius 2 is 1.55 bits per heavy atom. The Morgan fingerprint density at radius 3 is 2.17 bits per heavy atom. The zero-order chi connectivity index (χ0) is 20.8. The summed E-state index contributed by atoms with van der Waals surface area (Å²) >= 11 is 5.82. The van der Waals surface area contributed by atoms with E-state index in [-0.39, 0.29) is 18.4 Å². The second-order valence-electron chi connectivity index (χ2n) is 6.57. The van der Waals surface area contributed by atoms with E-state index in [1.807, 2.05) is 31.2 Å². The van der Waals surface area contributed by atoms with E-state index in [9.17, 15) is 9.59 Å². The lowest BCUT2D eigenvalue weighted by atomic mass is 10.1. The maximum atomic E-state index is 12.6. The summed E-state index contributed by atoms with van der Waals surface area (Å²) in [6.45, 7) is 1.85. The SMILES string of the molecule is Cc1ccc(C(=O)N(C)c2ccc(OCC(=O)Nc3ccc(Cl)cc3)cc2)cc1. The predicted molar refractivity (Wildman–Crippen MR) is 116 cm³/mol. The number of halogens is 1. The van der Waals surface area contributed by atoms with Gasteiger partial charge in [0.15, 0.2) is 6.61 Å². The summed E-state index contributed by atoms with van der Waals surface area (Å²) in [7, 11) is 1.72. The summed E-state index contributed by atoms with van der Waals surface area (Å²) in [6.07, 6.45) is 0. The highest BCUT2D eigenvalue weighted by Crippen LogP contribution is 2.20. The van der Waals surface area contributed by atoms with Crippen molar-refractivity contribution in [3.63, 3.8) is 0 Å². The fourth-order valence-corrected chi connectivity index (χ4v) is 2.78. The van der Waals surface area contributed by atoms with Crippen LogP contribution in [0.3, 0.4) is 0 Å². The van der Waals surface area contributed by atoms with Gasteiger partial charge in [-0.05, 0) is 67.6 Å². The van der Waals surface area contributed by atoms with Crippen LogP contribution in [0, 0.1) is 6.92 Å². The predicted octanol–water partition coefficient (Wildman–Crippen LogP) is 4.94. The molecule has 0 atom stereocenters. The lowest BCUT2D eigenvalue weighted by Crippen LogP contribution is -2.26. The number of aryl methyl sites for hydroxylation is 1. The molecular weight excluding hydrogens is 388 g/mol. The van der Waals surface area contributed by atoms with Crippen LogP contribution in [0.1, 0.15) is 15.9 Å². The molecule has 5 nitrogen and oxygen atoms in total. The number of amides is 2. The van der Waals surface area contributed by atoms with Crippen molar-refractivity contribution < 1.29 is 14.3 Å². The molecule has 0 aliphatic carbocycles. The quantitative estimate of drug-likeness (QED) is 0.628. The third kappa shape index (κ3) is 5.59. The van der Waals surface area contributed by atoms with Gasteiger partial charge in [0.05, 0.1) is 0 Å². The van der Waals surface area contributed by atoms with Crippen LogP contribution >= 0.6 is 11.6 Å². The van der Waals surface area contributed by atoms with Crippen molar-refractivity contribution in [2.24, 2.45) is 0 Å². The number of carbonyl (C=O) groups is 2. The van der Waals surface area contributed by atoms with Crippen LogP contribution in [-0.2, 0) is 4.79 Å². The number of nitrogens with zero attached hydrogens (tertiary/aromatic N) is 1. The Kier molecular flexibility index (Phi) is 6.52. The van der Waals surface area contributed by atoms with Gasteiger partial charge >= 0.3 is 0 Å². The smallest absolute Gasteiger partial charge is 0.262 e. The van der Waals surface area contributed by atoms with E-state index >= 15 is 0 Å². The fraction of sp³-hybridized carbons (Fsp3) is 0.130. The van der Waals surface area contributed by atoms with Gasteiger partial charge in [-0.15, -0.1) is 0 Å². The van der Waals surface area contributed by atoms with Crippen molar-refractivity contribution in [2.45, 2.75) is 6.92 Å². The lowest BCUT2D eigenvalue weighted by Gasteiger charge is -2.18. The van der Waals surface area contributed by atoms with E-state index in [0.717, 1.165) is 11.3 Å². The maximum Gasteiger partial charge on any atom is 0.262 e. The molecule has 0 aromatic heterocycles. The molecule has 29 heavy (non-hydrogen) atoms. The first kappa shape index (κ1) is 20.4. The number of benzene rings is 3. The molecule has 3 aromatic rings. The molecule has 0 saturated carbocycles. The number of hydrogen-bond acceptors (Lipinski definition) is 3. The molecule has 148 valence electrons. The molecule has 0 aliphatic heterocycles. The molecule has 6 heteroatoms. The van der Waals surface area contributed by atoms with Gasteiger partial charge in [-0.2, -0.15) is 0 Å². The largest absolute Gasteiger partial charge is 0.484 e. The summed E-state index contributed by atoms with van der Waals surface area (Å²) in [5, 5.41) is 3.33. The van der Waals surface area contributed by atoms with Gasteiger partial charge < -0.3 is 15.0 Å². The molecule has 1 N–H and O–H groups in total. The average molecular weight is 409 g/mol. The summed E-state index contributed by atoms with van der Waals surface area (Å²) in [5.74, 6) is 0.167. The average Bonchev–Trinajstić information content (AvgIpc) is 2.74. The first-order valence-electron chi connectivity index (χ1n) is 9.05. The molecule has 0 unspecified atom stereocenters. The first-order valence-corrected chi connectivity index (χ1v) is 9.43. The van der Waals surface area contributed by atoms with E-state index in [1.54, 1.807) is 60.5 Å². The van der Waals surface area contributed by atoms with Crippen LogP contribution in [0.5, 0.6) is 5.75 Å². The number of anilines is 2. The minimum absolute atomic E-state index is 0.0963. The number of carbonyl (C=O) groups excluding carboxylic acids is 2.